The molecule has 1 aliphatic carbocycles. The van der Waals surface area contributed by atoms with E-state index in [2.05, 4.69) is 0 Å². The monoisotopic (exact) mass is 430 g/mol. The molecule has 0 radical (unpaired) electrons. The topological polar surface area (TPSA) is 84.8 Å². The van der Waals surface area contributed by atoms with E-state index in [0.29, 0.717) is 13.2 Å². The van der Waals surface area contributed by atoms with Crippen LogP contribution in [0.4, 0.5) is 0 Å². The summed E-state index contributed by atoms with van der Waals surface area (Å²) in [7, 11) is 3.26. The second-order valence-corrected chi connectivity index (χ2v) is 7.83. The Morgan fingerprint density at radius 3 is 1.52 bits per heavy atom. The maximum atomic E-state index is 10.8. The molecule has 0 unspecified atom stereocenters. The summed E-state index contributed by atoms with van der Waals surface area (Å²) in [6.45, 7) is -0.101. The molecule has 0 aromatic heterocycles. The first kappa shape index (κ1) is 20.7. The van der Waals surface area contributed by atoms with E-state index >= 15 is 0 Å². The fraction of sp³-hybridized carbons (Fsp3) is 0.478. The van der Waals surface area contributed by atoms with Crippen molar-refractivity contribution in [3.63, 3.8) is 0 Å². The quantitative estimate of drug-likeness (QED) is 0.681. The highest BCUT2D eigenvalue weighted by molar-refractivity contribution is 5.27. The van der Waals surface area contributed by atoms with Gasteiger partial charge >= 0.3 is 0 Å². The van der Waals surface area contributed by atoms with Crippen LogP contribution in [-0.2, 0) is 36.9 Å². The maximum absolute atomic E-state index is 10.8. The number of benzene rings is 2. The van der Waals surface area contributed by atoms with Gasteiger partial charge in [0.15, 0.2) is 0 Å². The van der Waals surface area contributed by atoms with Gasteiger partial charge in [-0.1, -0.05) is 24.3 Å². The third kappa shape index (κ3) is 4.03. The zero-order valence-electron chi connectivity index (χ0n) is 17.4. The zero-order valence-corrected chi connectivity index (χ0v) is 17.4. The SMILES string of the molecule is COc1ccc(CO[C@@H]2C3OC4O[C@H]2C(O)[C@H](O4)[C@@H]3OCc2ccc(OC)cc2)cc1. The fourth-order valence-corrected chi connectivity index (χ4v) is 4.30. The van der Waals surface area contributed by atoms with Gasteiger partial charge < -0.3 is 38.3 Å². The summed E-state index contributed by atoms with van der Waals surface area (Å²) in [6.07, 6.45) is -3.27. The Bertz CT molecular complexity index is 801. The van der Waals surface area contributed by atoms with Crippen molar-refractivity contribution in [3.8, 4) is 11.5 Å². The van der Waals surface area contributed by atoms with Gasteiger partial charge in [-0.2, -0.15) is 0 Å². The Morgan fingerprint density at radius 2 is 1.10 bits per heavy atom. The molecule has 2 aromatic rings. The van der Waals surface area contributed by atoms with Crippen LogP contribution in [-0.4, -0.2) is 62.4 Å². The predicted molar refractivity (Wildman–Crippen MR) is 108 cm³/mol. The van der Waals surface area contributed by atoms with Gasteiger partial charge in [0, 0.05) is 0 Å². The molecule has 3 saturated heterocycles. The Hall–Kier alpha value is -2.20. The number of aliphatic hydroxyl groups is 1. The molecule has 4 atom stereocenters. The molecule has 31 heavy (non-hydrogen) atoms. The minimum absolute atomic E-state index is 0.350. The Kier molecular flexibility index (Phi) is 5.83. The summed E-state index contributed by atoms with van der Waals surface area (Å²) in [5, 5.41) is 10.8. The van der Waals surface area contributed by atoms with Crippen LogP contribution >= 0.6 is 0 Å². The number of aliphatic hydroxyl groups excluding tert-OH is 1. The lowest BCUT2D eigenvalue weighted by Crippen LogP contribution is -2.75. The molecule has 0 spiro atoms. The van der Waals surface area contributed by atoms with Crippen molar-refractivity contribution in [2.45, 2.75) is 56.3 Å². The van der Waals surface area contributed by atoms with Crippen LogP contribution in [0.1, 0.15) is 11.1 Å². The van der Waals surface area contributed by atoms with Gasteiger partial charge in [0.25, 0.3) is 6.48 Å². The van der Waals surface area contributed by atoms with Crippen molar-refractivity contribution < 1.29 is 38.3 Å². The first-order valence-corrected chi connectivity index (χ1v) is 10.3. The minimum Gasteiger partial charge on any atom is -0.497 e. The summed E-state index contributed by atoms with van der Waals surface area (Å²) >= 11 is 0. The molecule has 0 amide bonds. The second kappa shape index (κ2) is 8.74. The molecule has 3 heterocycles. The molecule has 4 fully saturated rings. The lowest BCUT2D eigenvalue weighted by Gasteiger charge is -2.57. The smallest absolute Gasteiger partial charge is 0.272 e. The number of ether oxygens (including phenoxy) is 7. The lowest BCUT2D eigenvalue weighted by molar-refractivity contribution is -0.487. The summed E-state index contributed by atoms with van der Waals surface area (Å²) < 4.78 is 40.0. The van der Waals surface area contributed by atoms with Crippen LogP contribution in [0.5, 0.6) is 11.5 Å². The molecular formula is C23H26O8. The number of methoxy groups -OCH3 is 2. The lowest BCUT2D eigenvalue weighted by atomic mass is 9.82. The van der Waals surface area contributed by atoms with E-state index in [1.165, 1.54) is 0 Å². The molecule has 3 aliphatic heterocycles. The number of hydrogen-bond donors (Lipinski definition) is 1. The van der Waals surface area contributed by atoms with Gasteiger partial charge in [-0.05, 0) is 35.4 Å². The highest BCUT2D eigenvalue weighted by Gasteiger charge is 2.62. The Balaban J connectivity index is 1.27. The van der Waals surface area contributed by atoms with Gasteiger partial charge in [0.1, 0.15) is 48.1 Å². The van der Waals surface area contributed by atoms with Crippen LogP contribution in [0.25, 0.3) is 0 Å². The fourth-order valence-electron chi connectivity index (χ4n) is 4.30. The highest BCUT2D eigenvalue weighted by atomic mass is 16.9. The second-order valence-electron chi connectivity index (χ2n) is 7.83. The molecule has 2 aromatic carbocycles. The van der Waals surface area contributed by atoms with Crippen LogP contribution in [0.2, 0.25) is 0 Å². The maximum Gasteiger partial charge on any atom is 0.272 e. The van der Waals surface area contributed by atoms with Crippen molar-refractivity contribution in [2.24, 2.45) is 0 Å². The Labute approximate surface area is 180 Å². The summed E-state index contributed by atoms with van der Waals surface area (Å²) in [4.78, 5) is 0. The van der Waals surface area contributed by atoms with Crippen molar-refractivity contribution >= 4 is 0 Å². The van der Waals surface area contributed by atoms with E-state index in [1.54, 1.807) is 14.2 Å². The van der Waals surface area contributed by atoms with Crippen molar-refractivity contribution in [3.05, 3.63) is 59.7 Å². The predicted octanol–water partition coefficient (Wildman–Crippen LogP) is 2.02. The van der Waals surface area contributed by atoms with E-state index in [9.17, 15) is 5.11 Å². The van der Waals surface area contributed by atoms with Crippen LogP contribution < -0.4 is 9.47 Å². The third-order valence-corrected chi connectivity index (χ3v) is 5.98. The van der Waals surface area contributed by atoms with E-state index in [4.69, 9.17) is 33.2 Å². The normalized spacial score (nSPS) is 33.5. The van der Waals surface area contributed by atoms with E-state index in [0.717, 1.165) is 22.6 Å². The molecule has 4 bridgehead atoms. The molecule has 166 valence electrons. The van der Waals surface area contributed by atoms with E-state index in [1.807, 2.05) is 48.5 Å². The van der Waals surface area contributed by atoms with E-state index in [-0.39, 0.29) is 0 Å². The average molecular weight is 430 g/mol. The van der Waals surface area contributed by atoms with Crippen LogP contribution in [0, 0.1) is 0 Å². The number of hydrogen-bond acceptors (Lipinski definition) is 8. The van der Waals surface area contributed by atoms with Gasteiger partial charge in [-0.15, -0.1) is 0 Å². The molecule has 6 rings (SSSR count). The molecule has 4 aliphatic rings. The summed E-state index contributed by atoms with van der Waals surface area (Å²) in [5.41, 5.74) is 1.96. The minimum atomic E-state index is -0.863. The highest BCUT2D eigenvalue weighted by Crippen LogP contribution is 2.42. The zero-order chi connectivity index (χ0) is 21.4. The summed E-state index contributed by atoms with van der Waals surface area (Å²) in [6, 6.07) is 15.3. The Morgan fingerprint density at radius 1 is 0.677 bits per heavy atom. The largest absolute Gasteiger partial charge is 0.497 e. The van der Waals surface area contributed by atoms with Crippen molar-refractivity contribution in [1.82, 2.24) is 0 Å². The molecule has 1 saturated carbocycles. The van der Waals surface area contributed by atoms with E-state index < -0.39 is 43.1 Å². The van der Waals surface area contributed by atoms with Gasteiger partial charge in [-0.25, -0.2) is 0 Å². The van der Waals surface area contributed by atoms with Gasteiger partial charge in [0.05, 0.1) is 27.4 Å². The average Bonchev–Trinajstić information content (AvgIpc) is 2.81. The first-order chi connectivity index (χ1) is 15.2. The van der Waals surface area contributed by atoms with Gasteiger partial charge in [0.2, 0.25) is 0 Å². The van der Waals surface area contributed by atoms with Crippen molar-refractivity contribution in [1.29, 1.82) is 0 Å². The molecule has 1 N–H and O–H groups in total. The number of rotatable bonds is 8. The first-order valence-electron chi connectivity index (χ1n) is 10.3. The standard InChI is InChI=1S/C23H26O8/c1-25-15-7-3-13(4-8-15)11-27-20-18-17(24)19-21(22(20)31-23(29-18)30-19)28-12-14-5-9-16(26-2)10-6-14/h3-10,17-24H,11-12H2,1-2H3/t17?,18-,19-,20-,21-,22?,23?/m0/s1. The van der Waals surface area contributed by atoms with Crippen LogP contribution in [0.15, 0.2) is 48.5 Å². The van der Waals surface area contributed by atoms with Gasteiger partial charge in [-0.3, -0.25) is 0 Å². The molecule has 8 heteroatoms. The summed E-state index contributed by atoms with van der Waals surface area (Å²) in [5.74, 6) is 1.56. The van der Waals surface area contributed by atoms with Crippen LogP contribution in [0.3, 0.4) is 0 Å². The van der Waals surface area contributed by atoms with Crippen molar-refractivity contribution in [2.75, 3.05) is 14.2 Å². The third-order valence-electron chi connectivity index (χ3n) is 5.98. The molecule has 8 nitrogen and oxygen atoms in total. The molecular weight excluding hydrogens is 404 g/mol.